The highest BCUT2D eigenvalue weighted by molar-refractivity contribution is 5.76. The Morgan fingerprint density at radius 2 is 2.19 bits per heavy atom. The molecule has 2 N–H and O–H groups in total. The number of nitrogens with zero attached hydrogens (tertiary/aromatic N) is 3. The van der Waals surface area contributed by atoms with E-state index in [1.165, 1.54) is 0 Å². The number of amides is 1. The number of hydrogen-bond acceptors (Lipinski definition) is 5. The predicted molar refractivity (Wildman–Crippen MR) is 77.2 cm³/mol. The number of carbonyl (C=O) groups excluding carboxylic acids is 1. The molecule has 0 aliphatic carbocycles. The van der Waals surface area contributed by atoms with Crippen molar-refractivity contribution in [2.45, 2.75) is 38.3 Å². The first kappa shape index (κ1) is 14.4. The quantitative estimate of drug-likeness (QED) is 0.895. The second kappa shape index (κ2) is 6.49. The van der Waals surface area contributed by atoms with Gasteiger partial charge in [0, 0.05) is 25.3 Å². The highest BCUT2D eigenvalue weighted by Crippen LogP contribution is 2.26. The van der Waals surface area contributed by atoms with Gasteiger partial charge in [-0.3, -0.25) is 9.69 Å². The molecule has 1 atom stereocenters. The molecule has 0 radical (unpaired) electrons. The van der Waals surface area contributed by atoms with Gasteiger partial charge in [-0.1, -0.05) is 0 Å². The van der Waals surface area contributed by atoms with Crippen molar-refractivity contribution >= 4 is 5.91 Å². The number of rotatable bonds is 4. The number of likely N-dealkylation sites (tertiary alicyclic amines) is 1. The van der Waals surface area contributed by atoms with Crippen LogP contribution in [0.1, 0.15) is 43.3 Å². The molecular formula is C15H22N4O2. The van der Waals surface area contributed by atoms with Gasteiger partial charge in [0.1, 0.15) is 6.10 Å². The van der Waals surface area contributed by atoms with Crippen molar-refractivity contribution in [3.8, 4) is 0 Å². The lowest BCUT2D eigenvalue weighted by molar-refractivity contribution is -0.123. The topological polar surface area (TPSA) is 81.3 Å². The molecule has 3 heterocycles. The van der Waals surface area contributed by atoms with Crippen molar-refractivity contribution in [2.75, 3.05) is 19.7 Å². The summed E-state index contributed by atoms with van der Waals surface area (Å²) in [6, 6.07) is 1.96. The van der Waals surface area contributed by atoms with E-state index in [1.54, 1.807) is 0 Å². The molecule has 6 nitrogen and oxygen atoms in total. The van der Waals surface area contributed by atoms with Crippen LogP contribution in [0, 0.1) is 5.92 Å². The van der Waals surface area contributed by atoms with Crippen LogP contribution in [-0.2, 0) is 16.1 Å². The summed E-state index contributed by atoms with van der Waals surface area (Å²) in [4.78, 5) is 22.5. The van der Waals surface area contributed by atoms with E-state index in [0.717, 1.165) is 63.4 Å². The summed E-state index contributed by atoms with van der Waals surface area (Å²) in [5.74, 6) is 0.670. The minimum absolute atomic E-state index is 0.0362. The van der Waals surface area contributed by atoms with Crippen LogP contribution in [-0.4, -0.2) is 40.5 Å². The van der Waals surface area contributed by atoms with Crippen LogP contribution in [0.5, 0.6) is 0 Å². The van der Waals surface area contributed by atoms with E-state index in [4.69, 9.17) is 10.5 Å². The molecule has 114 valence electrons. The molecule has 0 aromatic carbocycles. The van der Waals surface area contributed by atoms with Gasteiger partial charge in [0.2, 0.25) is 5.91 Å². The summed E-state index contributed by atoms with van der Waals surface area (Å²) in [7, 11) is 0. The molecule has 2 aliphatic heterocycles. The largest absolute Gasteiger partial charge is 0.370 e. The average molecular weight is 290 g/mol. The van der Waals surface area contributed by atoms with E-state index in [9.17, 15) is 4.79 Å². The number of carbonyl (C=O) groups is 1. The minimum Gasteiger partial charge on any atom is -0.370 e. The molecule has 0 spiro atoms. The van der Waals surface area contributed by atoms with Crippen LogP contribution in [0.4, 0.5) is 0 Å². The van der Waals surface area contributed by atoms with Gasteiger partial charge in [0.05, 0.1) is 5.69 Å². The highest BCUT2D eigenvalue weighted by atomic mass is 16.5. The normalized spacial score (nSPS) is 24.3. The Bertz CT molecular complexity index is 494. The summed E-state index contributed by atoms with van der Waals surface area (Å²) in [5.41, 5.74) is 6.38. The number of hydrogen-bond donors (Lipinski definition) is 1. The monoisotopic (exact) mass is 290 g/mol. The predicted octanol–water partition coefficient (Wildman–Crippen LogP) is 1.03. The standard InChI is InChI=1S/C15H22N4O2/c16-14(20)11-4-7-19(8-5-11)10-12-3-6-17-15(18-12)13-2-1-9-21-13/h3,6,11,13H,1-2,4-5,7-10H2,(H2,16,20)/t13-/m1/s1. The summed E-state index contributed by atoms with van der Waals surface area (Å²) < 4.78 is 5.63. The molecule has 6 heteroatoms. The maximum Gasteiger partial charge on any atom is 0.220 e. The highest BCUT2D eigenvalue weighted by Gasteiger charge is 2.24. The maximum atomic E-state index is 11.2. The van der Waals surface area contributed by atoms with Crippen molar-refractivity contribution in [1.82, 2.24) is 14.9 Å². The fourth-order valence-electron chi connectivity index (χ4n) is 3.04. The lowest BCUT2D eigenvalue weighted by Gasteiger charge is -2.30. The summed E-state index contributed by atoms with van der Waals surface area (Å²) in [5, 5.41) is 0. The van der Waals surface area contributed by atoms with E-state index >= 15 is 0 Å². The van der Waals surface area contributed by atoms with Crippen molar-refractivity contribution in [3.63, 3.8) is 0 Å². The van der Waals surface area contributed by atoms with Crippen molar-refractivity contribution in [3.05, 3.63) is 23.8 Å². The number of ether oxygens (including phenoxy) is 1. The van der Waals surface area contributed by atoms with E-state index in [2.05, 4.69) is 14.9 Å². The number of nitrogens with two attached hydrogens (primary N) is 1. The third kappa shape index (κ3) is 3.57. The van der Waals surface area contributed by atoms with E-state index in [-0.39, 0.29) is 17.9 Å². The fourth-order valence-corrected chi connectivity index (χ4v) is 3.04. The summed E-state index contributed by atoms with van der Waals surface area (Å²) >= 11 is 0. The van der Waals surface area contributed by atoms with Crippen LogP contribution < -0.4 is 5.73 Å². The molecule has 0 unspecified atom stereocenters. The van der Waals surface area contributed by atoms with Gasteiger partial charge in [-0.25, -0.2) is 9.97 Å². The van der Waals surface area contributed by atoms with E-state index < -0.39 is 0 Å². The van der Waals surface area contributed by atoms with Gasteiger partial charge in [0.15, 0.2) is 5.82 Å². The molecule has 2 saturated heterocycles. The third-order valence-corrected chi connectivity index (χ3v) is 4.33. The van der Waals surface area contributed by atoms with E-state index in [0.29, 0.717) is 0 Å². The smallest absolute Gasteiger partial charge is 0.220 e. The zero-order valence-electron chi connectivity index (χ0n) is 12.2. The molecule has 3 rings (SSSR count). The molecule has 0 saturated carbocycles. The number of aromatic nitrogens is 2. The van der Waals surface area contributed by atoms with Crippen LogP contribution in [0.25, 0.3) is 0 Å². The average Bonchev–Trinajstić information content (AvgIpc) is 3.02. The zero-order valence-corrected chi connectivity index (χ0v) is 12.2. The molecule has 0 bridgehead atoms. The summed E-state index contributed by atoms with van der Waals surface area (Å²) in [6.45, 7) is 3.40. The molecule has 2 aliphatic rings. The van der Waals surface area contributed by atoms with Crippen LogP contribution in [0.3, 0.4) is 0 Å². The maximum absolute atomic E-state index is 11.2. The van der Waals surface area contributed by atoms with Gasteiger partial charge in [0.25, 0.3) is 0 Å². The molecule has 1 aromatic rings. The van der Waals surface area contributed by atoms with Crippen molar-refractivity contribution in [1.29, 1.82) is 0 Å². The van der Waals surface area contributed by atoms with Crippen LogP contribution >= 0.6 is 0 Å². The Balaban J connectivity index is 1.58. The van der Waals surface area contributed by atoms with Crippen molar-refractivity contribution in [2.24, 2.45) is 11.7 Å². The number of primary amides is 1. The first-order valence-corrected chi connectivity index (χ1v) is 7.67. The fraction of sp³-hybridized carbons (Fsp3) is 0.667. The number of piperidine rings is 1. The molecule has 2 fully saturated rings. The Hall–Kier alpha value is -1.53. The van der Waals surface area contributed by atoms with Crippen LogP contribution in [0.2, 0.25) is 0 Å². The zero-order chi connectivity index (χ0) is 14.7. The van der Waals surface area contributed by atoms with Gasteiger partial charge in [-0.2, -0.15) is 0 Å². The molecule has 1 amide bonds. The molecular weight excluding hydrogens is 268 g/mol. The van der Waals surface area contributed by atoms with Gasteiger partial charge < -0.3 is 10.5 Å². The Kier molecular flexibility index (Phi) is 4.45. The molecule has 1 aromatic heterocycles. The van der Waals surface area contributed by atoms with Gasteiger partial charge >= 0.3 is 0 Å². The van der Waals surface area contributed by atoms with Gasteiger partial charge in [-0.15, -0.1) is 0 Å². The Morgan fingerprint density at radius 1 is 1.38 bits per heavy atom. The lowest BCUT2D eigenvalue weighted by Crippen LogP contribution is -2.38. The molecule has 21 heavy (non-hydrogen) atoms. The first-order chi connectivity index (χ1) is 10.2. The third-order valence-electron chi connectivity index (χ3n) is 4.33. The Morgan fingerprint density at radius 3 is 2.86 bits per heavy atom. The van der Waals surface area contributed by atoms with Crippen molar-refractivity contribution < 1.29 is 9.53 Å². The second-order valence-corrected chi connectivity index (χ2v) is 5.86. The first-order valence-electron chi connectivity index (χ1n) is 7.67. The minimum atomic E-state index is -0.169. The SMILES string of the molecule is NC(=O)C1CCN(Cc2ccnc([C@H]3CCCO3)n2)CC1. The van der Waals surface area contributed by atoms with Crippen LogP contribution in [0.15, 0.2) is 12.3 Å². The second-order valence-electron chi connectivity index (χ2n) is 5.86. The summed E-state index contributed by atoms with van der Waals surface area (Å²) in [6.07, 6.45) is 5.66. The Labute approximate surface area is 124 Å². The van der Waals surface area contributed by atoms with E-state index in [1.807, 2.05) is 12.3 Å². The lowest BCUT2D eigenvalue weighted by atomic mass is 9.96. The van der Waals surface area contributed by atoms with Gasteiger partial charge in [-0.05, 0) is 44.8 Å².